The van der Waals surface area contributed by atoms with Gasteiger partial charge < -0.3 is 29.2 Å². The van der Waals surface area contributed by atoms with E-state index in [1.54, 1.807) is 20.8 Å². The minimum atomic E-state index is -1.81. The molecule has 3 heterocycles. The third kappa shape index (κ3) is 2.70. The maximum atomic E-state index is 12.5. The van der Waals surface area contributed by atoms with Crippen molar-refractivity contribution in [1.82, 2.24) is 4.90 Å². The maximum Gasteiger partial charge on any atom is 0.417 e. The van der Waals surface area contributed by atoms with Gasteiger partial charge in [-0.25, -0.2) is 9.69 Å². The van der Waals surface area contributed by atoms with E-state index in [2.05, 4.69) is 0 Å². The second-order valence-electron chi connectivity index (χ2n) is 7.61. The number of rotatable bonds is 1. The first-order valence-corrected chi connectivity index (χ1v) is 7.88. The number of imide groups is 1. The van der Waals surface area contributed by atoms with Crippen LogP contribution in [0.5, 0.6) is 0 Å². The van der Waals surface area contributed by atoms with E-state index < -0.39 is 47.4 Å². The van der Waals surface area contributed by atoms with Crippen LogP contribution in [-0.4, -0.2) is 75.8 Å². The van der Waals surface area contributed by atoms with Crippen LogP contribution in [0.15, 0.2) is 0 Å². The monoisotopic (exact) mass is 345 g/mol. The standard InChI is InChI=1S/C15H23NO8/c1-13(2,3)23-12(20)16-10(8(17)9(18)11(16)19)15-21-6-5-14(4,24-15)7-22-15/h8-10,17-18H,5-7H2,1-4H3/t8-,9+,10-,14+,15-/m0/s1. The number of aliphatic hydroxyl groups is 2. The van der Waals surface area contributed by atoms with Crippen molar-refractivity contribution in [1.29, 1.82) is 0 Å². The molecule has 3 aliphatic rings. The van der Waals surface area contributed by atoms with Gasteiger partial charge in [-0.3, -0.25) is 4.79 Å². The molecular formula is C15H23NO8. The maximum absolute atomic E-state index is 12.5. The lowest BCUT2D eigenvalue weighted by Crippen LogP contribution is -2.61. The average molecular weight is 345 g/mol. The third-order valence-corrected chi connectivity index (χ3v) is 4.27. The van der Waals surface area contributed by atoms with Crippen LogP contribution in [-0.2, 0) is 23.7 Å². The summed E-state index contributed by atoms with van der Waals surface area (Å²) >= 11 is 0. The summed E-state index contributed by atoms with van der Waals surface area (Å²) in [6.07, 6.45) is -3.84. The second kappa shape index (κ2) is 5.37. The van der Waals surface area contributed by atoms with Crippen LogP contribution in [0.4, 0.5) is 4.79 Å². The second-order valence-corrected chi connectivity index (χ2v) is 7.61. The Balaban J connectivity index is 1.94. The number of nitrogens with zero attached hydrogens (tertiary/aromatic N) is 1. The largest absolute Gasteiger partial charge is 0.443 e. The number of hydrogen-bond acceptors (Lipinski definition) is 8. The third-order valence-electron chi connectivity index (χ3n) is 4.27. The van der Waals surface area contributed by atoms with E-state index in [4.69, 9.17) is 18.9 Å². The van der Waals surface area contributed by atoms with Crippen LogP contribution < -0.4 is 0 Å². The lowest BCUT2D eigenvalue weighted by atomic mass is 10.0. The van der Waals surface area contributed by atoms with Crippen LogP contribution >= 0.6 is 0 Å². The summed E-state index contributed by atoms with van der Waals surface area (Å²) in [5.41, 5.74) is -1.51. The van der Waals surface area contributed by atoms with E-state index >= 15 is 0 Å². The van der Waals surface area contributed by atoms with Crippen LogP contribution in [0.1, 0.15) is 34.1 Å². The first-order valence-electron chi connectivity index (χ1n) is 7.88. The minimum absolute atomic E-state index is 0.183. The van der Waals surface area contributed by atoms with Gasteiger partial charge in [-0.2, -0.15) is 0 Å². The Bertz CT molecular complexity index is 560. The van der Waals surface area contributed by atoms with Crippen molar-refractivity contribution in [3.63, 3.8) is 0 Å². The molecule has 0 spiro atoms. The topological polar surface area (TPSA) is 115 Å². The summed E-state index contributed by atoms with van der Waals surface area (Å²) < 4.78 is 22.2. The van der Waals surface area contributed by atoms with Crippen LogP contribution in [0.2, 0.25) is 0 Å². The van der Waals surface area contributed by atoms with Crippen LogP contribution in [0, 0.1) is 0 Å². The fourth-order valence-electron chi connectivity index (χ4n) is 3.12. The SMILES string of the molecule is CC(C)(C)OC(=O)N1C(=O)[C@H](O)[C@H](O)[C@H]1[C@]12OCC[C@](C)(CO1)O2. The van der Waals surface area contributed by atoms with Crippen molar-refractivity contribution in [3.8, 4) is 0 Å². The molecule has 136 valence electrons. The highest BCUT2D eigenvalue weighted by molar-refractivity contribution is 5.97. The van der Waals surface area contributed by atoms with E-state index in [-0.39, 0.29) is 13.2 Å². The molecule has 0 radical (unpaired) electrons. The Morgan fingerprint density at radius 2 is 2.00 bits per heavy atom. The molecule has 5 atom stereocenters. The smallest absolute Gasteiger partial charge is 0.417 e. The number of ether oxygens (including phenoxy) is 4. The number of aliphatic hydroxyl groups excluding tert-OH is 2. The molecule has 0 unspecified atom stereocenters. The number of carbonyl (C=O) groups is 2. The van der Waals surface area contributed by atoms with Crippen molar-refractivity contribution in [2.24, 2.45) is 0 Å². The van der Waals surface area contributed by atoms with E-state index in [0.29, 0.717) is 11.3 Å². The van der Waals surface area contributed by atoms with Gasteiger partial charge in [0, 0.05) is 6.42 Å². The molecule has 3 aliphatic heterocycles. The summed E-state index contributed by atoms with van der Waals surface area (Å²) in [7, 11) is 0. The van der Waals surface area contributed by atoms with E-state index in [1.165, 1.54) is 0 Å². The van der Waals surface area contributed by atoms with Crippen molar-refractivity contribution < 1.29 is 38.7 Å². The highest BCUT2D eigenvalue weighted by Crippen LogP contribution is 2.45. The quantitative estimate of drug-likeness (QED) is 0.668. The zero-order chi connectivity index (χ0) is 17.9. The molecule has 2 amide bonds. The summed E-state index contributed by atoms with van der Waals surface area (Å²) in [5.74, 6) is -2.79. The molecule has 0 aromatic carbocycles. The minimum Gasteiger partial charge on any atom is -0.443 e. The zero-order valence-electron chi connectivity index (χ0n) is 14.1. The highest BCUT2D eigenvalue weighted by atomic mass is 16.9. The first kappa shape index (κ1) is 17.6. The number of carbonyl (C=O) groups excluding carboxylic acids is 2. The number of likely N-dealkylation sites (tertiary alicyclic amines) is 1. The lowest BCUT2D eigenvalue weighted by Gasteiger charge is -2.41. The van der Waals surface area contributed by atoms with Crippen molar-refractivity contribution in [2.75, 3.05) is 13.2 Å². The molecule has 9 heteroatoms. The fourth-order valence-corrected chi connectivity index (χ4v) is 3.12. The molecule has 2 bridgehead atoms. The van der Waals surface area contributed by atoms with Gasteiger partial charge in [0.2, 0.25) is 0 Å². The predicted molar refractivity (Wildman–Crippen MR) is 77.6 cm³/mol. The molecule has 3 fully saturated rings. The fraction of sp³-hybridized carbons (Fsp3) is 0.867. The van der Waals surface area contributed by atoms with E-state index in [9.17, 15) is 19.8 Å². The Hall–Kier alpha value is -1.26. The van der Waals surface area contributed by atoms with Crippen LogP contribution in [0.25, 0.3) is 0 Å². The molecule has 3 rings (SSSR count). The molecule has 9 nitrogen and oxygen atoms in total. The first-order chi connectivity index (χ1) is 11.0. The Morgan fingerprint density at radius 3 is 2.62 bits per heavy atom. The van der Waals surface area contributed by atoms with Gasteiger partial charge in [0.1, 0.15) is 11.7 Å². The Morgan fingerprint density at radius 1 is 1.33 bits per heavy atom. The van der Waals surface area contributed by atoms with Gasteiger partial charge in [-0.1, -0.05) is 0 Å². The molecule has 0 aromatic heterocycles. The molecule has 3 saturated heterocycles. The van der Waals surface area contributed by atoms with Crippen LogP contribution in [0.3, 0.4) is 0 Å². The molecule has 0 aromatic rings. The van der Waals surface area contributed by atoms with E-state index in [0.717, 1.165) is 0 Å². The van der Waals surface area contributed by atoms with Gasteiger partial charge in [-0.05, 0) is 27.7 Å². The zero-order valence-corrected chi connectivity index (χ0v) is 14.1. The number of amides is 2. The Kier molecular flexibility index (Phi) is 3.93. The normalized spacial score (nSPS) is 42.5. The van der Waals surface area contributed by atoms with Crippen molar-refractivity contribution in [3.05, 3.63) is 0 Å². The molecule has 0 saturated carbocycles. The van der Waals surface area contributed by atoms with Gasteiger partial charge in [0.05, 0.1) is 18.8 Å². The average Bonchev–Trinajstić information content (AvgIpc) is 2.83. The summed E-state index contributed by atoms with van der Waals surface area (Å²) in [4.78, 5) is 25.4. The number of fused-ring (bicyclic) bond motifs is 2. The Labute approximate surface area is 139 Å². The lowest BCUT2D eigenvalue weighted by molar-refractivity contribution is -0.391. The summed E-state index contributed by atoms with van der Waals surface area (Å²) in [6, 6.07) is -1.36. The molecular weight excluding hydrogens is 322 g/mol. The summed E-state index contributed by atoms with van der Waals surface area (Å²) in [5, 5.41) is 20.3. The molecule has 0 aliphatic carbocycles. The van der Waals surface area contributed by atoms with Gasteiger partial charge in [0.25, 0.3) is 5.91 Å². The van der Waals surface area contributed by atoms with Gasteiger partial charge >= 0.3 is 12.1 Å². The molecule has 2 N–H and O–H groups in total. The number of hydrogen-bond donors (Lipinski definition) is 2. The highest BCUT2D eigenvalue weighted by Gasteiger charge is 2.67. The predicted octanol–water partition coefficient (Wildman–Crippen LogP) is -0.266. The van der Waals surface area contributed by atoms with Crippen molar-refractivity contribution in [2.45, 2.75) is 69.5 Å². The van der Waals surface area contributed by atoms with E-state index in [1.807, 2.05) is 6.92 Å². The van der Waals surface area contributed by atoms with Gasteiger partial charge in [0.15, 0.2) is 12.1 Å². The molecule has 24 heavy (non-hydrogen) atoms. The van der Waals surface area contributed by atoms with Crippen molar-refractivity contribution >= 4 is 12.0 Å². The van der Waals surface area contributed by atoms with Gasteiger partial charge in [-0.15, -0.1) is 0 Å². The summed E-state index contributed by atoms with van der Waals surface area (Å²) in [6.45, 7) is 7.19.